The van der Waals surface area contributed by atoms with E-state index in [1.165, 1.54) is 32.1 Å². The molecule has 0 aromatic heterocycles. The second-order valence-electron chi connectivity index (χ2n) is 5.54. The molecule has 2 N–H and O–H groups in total. The van der Waals surface area contributed by atoms with Crippen LogP contribution in [0, 0.1) is 5.92 Å². The molecule has 0 aromatic carbocycles. The zero-order chi connectivity index (χ0) is 10.6. The Bertz CT molecular complexity index is 179. The monoisotopic (exact) mass is 211 g/mol. The van der Waals surface area contributed by atoms with Crippen LogP contribution in [0.25, 0.3) is 0 Å². The smallest absolute Gasteiger partial charge is 0.0663 e. The first kappa shape index (κ1) is 11.4. The molecule has 2 rings (SSSR count). The normalized spacial score (nSPS) is 35.0. The van der Waals surface area contributed by atoms with Crippen LogP contribution in [-0.4, -0.2) is 23.8 Å². The van der Waals surface area contributed by atoms with E-state index in [9.17, 15) is 5.11 Å². The average Bonchev–Trinajstić information content (AvgIpc) is 2.45. The van der Waals surface area contributed by atoms with Gasteiger partial charge in [-0.05, 0) is 44.7 Å². The van der Waals surface area contributed by atoms with Crippen molar-refractivity contribution in [3.05, 3.63) is 0 Å². The van der Waals surface area contributed by atoms with Crippen molar-refractivity contribution in [2.75, 3.05) is 13.1 Å². The van der Waals surface area contributed by atoms with Crippen molar-refractivity contribution in [2.45, 2.75) is 63.4 Å². The van der Waals surface area contributed by atoms with Crippen molar-refractivity contribution in [3.63, 3.8) is 0 Å². The molecule has 1 aliphatic heterocycles. The molecule has 1 saturated heterocycles. The molecule has 88 valence electrons. The number of nitrogens with one attached hydrogen (secondary N) is 1. The molecule has 2 nitrogen and oxygen atoms in total. The van der Waals surface area contributed by atoms with Crippen molar-refractivity contribution in [3.8, 4) is 0 Å². The van der Waals surface area contributed by atoms with Crippen LogP contribution in [0.15, 0.2) is 0 Å². The lowest BCUT2D eigenvalue weighted by Crippen LogP contribution is -2.33. The summed E-state index contributed by atoms with van der Waals surface area (Å²) in [4.78, 5) is 0. The molecule has 15 heavy (non-hydrogen) atoms. The van der Waals surface area contributed by atoms with Gasteiger partial charge in [-0.2, -0.15) is 0 Å². The lowest BCUT2D eigenvalue weighted by molar-refractivity contribution is -0.000834. The molecule has 1 aliphatic carbocycles. The summed E-state index contributed by atoms with van der Waals surface area (Å²) < 4.78 is 0. The van der Waals surface area contributed by atoms with E-state index in [0.717, 1.165) is 44.7 Å². The van der Waals surface area contributed by atoms with E-state index >= 15 is 0 Å². The van der Waals surface area contributed by atoms with Crippen LogP contribution in [0.3, 0.4) is 0 Å². The van der Waals surface area contributed by atoms with Crippen molar-refractivity contribution >= 4 is 0 Å². The van der Waals surface area contributed by atoms with E-state index in [1.54, 1.807) is 0 Å². The van der Waals surface area contributed by atoms with Crippen molar-refractivity contribution < 1.29 is 5.11 Å². The predicted octanol–water partition coefficient (Wildman–Crippen LogP) is 2.46. The fourth-order valence-corrected chi connectivity index (χ4v) is 3.25. The van der Waals surface area contributed by atoms with E-state index in [1.807, 2.05) is 0 Å². The number of rotatable bonds is 2. The Kier molecular flexibility index (Phi) is 4.04. The second kappa shape index (κ2) is 5.31. The fraction of sp³-hybridized carbons (Fsp3) is 1.00. The van der Waals surface area contributed by atoms with Crippen LogP contribution in [0.2, 0.25) is 0 Å². The summed E-state index contributed by atoms with van der Waals surface area (Å²) in [5.74, 6) is 0.807. The summed E-state index contributed by atoms with van der Waals surface area (Å²) in [6.07, 6.45) is 11.1. The Morgan fingerprint density at radius 3 is 2.60 bits per heavy atom. The van der Waals surface area contributed by atoms with Crippen LogP contribution >= 0.6 is 0 Å². The van der Waals surface area contributed by atoms with Crippen molar-refractivity contribution in [2.24, 2.45) is 5.92 Å². The third kappa shape index (κ3) is 3.46. The van der Waals surface area contributed by atoms with Gasteiger partial charge in [-0.3, -0.25) is 0 Å². The highest BCUT2D eigenvalue weighted by Crippen LogP contribution is 2.34. The van der Waals surface area contributed by atoms with Crippen LogP contribution in [0.1, 0.15) is 57.8 Å². The van der Waals surface area contributed by atoms with Gasteiger partial charge in [-0.25, -0.2) is 0 Å². The molecule has 2 heteroatoms. The van der Waals surface area contributed by atoms with Gasteiger partial charge in [0.05, 0.1) is 5.60 Å². The van der Waals surface area contributed by atoms with Crippen LogP contribution < -0.4 is 5.32 Å². The first-order chi connectivity index (χ1) is 7.29. The summed E-state index contributed by atoms with van der Waals surface area (Å²) in [5, 5.41) is 13.9. The molecule has 1 atom stereocenters. The minimum Gasteiger partial charge on any atom is -0.390 e. The van der Waals surface area contributed by atoms with E-state index in [-0.39, 0.29) is 5.60 Å². The van der Waals surface area contributed by atoms with Crippen LogP contribution in [0.5, 0.6) is 0 Å². The summed E-state index contributed by atoms with van der Waals surface area (Å²) in [5.41, 5.74) is -0.342. The van der Waals surface area contributed by atoms with Gasteiger partial charge in [0.2, 0.25) is 0 Å². The highest BCUT2D eigenvalue weighted by molar-refractivity contribution is 4.85. The number of hydrogen-bond donors (Lipinski definition) is 2. The molecular weight excluding hydrogens is 186 g/mol. The largest absolute Gasteiger partial charge is 0.390 e. The first-order valence-corrected chi connectivity index (χ1v) is 6.72. The maximum Gasteiger partial charge on any atom is 0.0663 e. The SMILES string of the molecule is OC1(CC2CCCCC2)CCCNCC1. The van der Waals surface area contributed by atoms with Crippen LogP contribution in [0.4, 0.5) is 0 Å². The predicted molar refractivity (Wildman–Crippen MR) is 62.9 cm³/mol. The molecule has 0 radical (unpaired) electrons. The quantitative estimate of drug-likeness (QED) is 0.735. The zero-order valence-electron chi connectivity index (χ0n) is 9.80. The molecule has 1 saturated carbocycles. The number of hydrogen-bond acceptors (Lipinski definition) is 2. The van der Waals surface area contributed by atoms with Gasteiger partial charge in [-0.1, -0.05) is 32.1 Å². The molecule has 0 bridgehead atoms. The molecule has 0 spiro atoms. The molecule has 1 unspecified atom stereocenters. The van der Waals surface area contributed by atoms with Gasteiger partial charge >= 0.3 is 0 Å². The van der Waals surface area contributed by atoms with Crippen LogP contribution in [-0.2, 0) is 0 Å². The summed E-state index contributed by atoms with van der Waals surface area (Å²) in [6.45, 7) is 2.09. The van der Waals surface area contributed by atoms with Gasteiger partial charge in [0.1, 0.15) is 0 Å². The van der Waals surface area contributed by atoms with E-state index in [2.05, 4.69) is 5.32 Å². The topological polar surface area (TPSA) is 32.3 Å². The Morgan fingerprint density at radius 2 is 1.80 bits per heavy atom. The first-order valence-electron chi connectivity index (χ1n) is 6.72. The summed E-state index contributed by atoms with van der Waals surface area (Å²) >= 11 is 0. The minimum absolute atomic E-state index is 0.342. The third-order valence-corrected chi connectivity index (χ3v) is 4.16. The van der Waals surface area contributed by atoms with E-state index in [4.69, 9.17) is 0 Å². The maximum absolute atomic E-state index is 10.6. The zero-order valence-corrected chi connectivity index (χ0v) is 9.80. The van der Waals surface area contributed by atoms with Gasteiger partial charge < -0.3 is 10.4 Å². The maximum atomic E-state index is 10.6. The van der Waals surface area contributed by atoms with Gasteiger partial charge in [0.25, 0.3) is 0 Å². The molecule has 0 aromatic rings. The lowest BCUT2D eigenvalue weighted by Gasteiger charge is -2.32. The molecule has 1 heterocycles. The van der Waals surface area contributed by atoms with Gasteiger partial charge in [-0.15, -0.1) is 0 Å². The second-order valence-corrected chi connectivity index (χ2v) is 5.54. The van der Waals surface area contributed by atoms with Crippen molar-refractivity contribution in [1.29, 1.82) is 0 Å². The molecule has 2 fully saturated rings. The summed E-state index contributed by atoms with van der Waals surface area (Å²) in [7, 11) is 0. The van der Waals surface area contributed by atoms with Crippen molar-refractivity contribution in [1.82, 2.24) is 5.32 Å². The minimum atomic E-state index is -0.342. The Labute approximate surface area is 93.5 Å². The third-order valence-electron chi connectivity index (χ3n) is 4.16. The summed E-state index contributed by atoms with van der Waals surface area (Å²) in [6, 6.07) is 0. The molecule has 0 amide bonds. The Balaban J connectivity index is 1.83. The highest BCUT2D eigenvalue weighted by Gasteiger charge is 2.31. The Hall–Kier alpha value is -0.0800. The number of aliphatic hydroxyl groups is 1. The van der Waals surface area contributed by atoms with Gasteiger partial charge in [0.15, 0.2) is 0 Å². The highest BCUT2D eigenvalue weighted by atomic mass is 16.3. The lowest BCUT2D eigenvalue weighted by atomic mass is 9.78. The average molecular weight is 211 g/mol. The van der Waals surface area contributed by atoms with E-state index in [0.29, 0.717) is 0 Å². The van der Waals surface area contributed by atoms with E-state index < -0.39 is 0 Å². The molecular formula is C13H25NO. The van der Waals surface area contributed by atoms with Gasteiger partial charge in [0, 0.05) is 0 Å². The molecule has 2 aliphatic rings. The standard InChI is InChI=1S/C13H25NO/c15-13(7-4-9-14-10-8-13)11-12-5-2-1-3-6-12/h12,14-15H,1-11H2. The Morgan fingerprint density at radius 1 is 1.00 bits per heavy atom. The fourth-order valence-electron chi connectivity index (χ4n) is 3.25.